The van der Waals surface area contributed by atoms with Gasteiger partial charge in [0.15, 0.2) is 0 Å². The van der Waals surface area contributed by atoms with Gasteiger partial charge in [-0.1, -0.05) is 0 Å². The van der Waals surface area contributed by atoms with Crippen molar-refractivity contribution in [1.29, 1.82) is 0 Å². The largest absolute Gasteiger partial charge is 0.469 e. The molecular formula is C15H26N2O. The molecule has 3 heteroatoms. The number of nitrogens with two attached hydrogens (primary N) is 1. The molecule has 1 saturated carbocycles. The molecule has 3 nitrogen and oxygen atoms in total. The molecule has 0 aromatic carbocycles. The monoisotopic (exact) mass is 250 g/mol. The summed E-state index contributed by atoms with van der Waals surface area (Å²) in [6.07, 6.45) is 8.02. The van der Waals surface area contributed by atoms with Gasteiger partial charge in [0.1, 0.15) is 5.76 Å². The zero-order valence-corrected chi connectivity index (χ0v) is 11.4. The van der Waals surface area contributed by atoms with Gasteiger partial charge in [0.2, 0.25) is 0 Å². The summed E-state index contributed by atoms with van der Waals surface area (Å²) in [4.78, 5) is 0. The maximum absolute atomic E-state index is 5.72. The van der Waals surface area contributed by atoms with Gasteiger partial charge >= 0.3 is 0 Å². The zero-order chi connectivity index (χ0) is 12.8. The van der Waals surface area contributed by atoms with Crippen LogP contribution in [0, 0.1) is 11.8 Å². The second-order valence-corrected chi connectivity index (χ2v) is 5.72. The molecule has 3 N–H and O–H groups in total. The van der Waals surface area contributed by atoms with Gasteiger partial charge < -0.3 is 15.5 Å². The molecule has 1 atom stereocenters. The van der Waals surface area contributed by atoms with E-state index in [4.69, 9.17) is 10.2 Å². The summed E-state index contributed by atoms with van der Waals surface area (Å²) in [5, 5.41) is 3.63. The number of hydrogen-bond donors (Lipinski definition) is 2. The molecule has 2 rings (SSSR count). The van der Waals surface area contributed by atoms with E-state index in [2.05, 4.69) is 12.2 Å². The highest BCUT2D eigenvalue weighted by molar-refractivity contribution is 4.99. The lowest BCUT2D eigenvalue weighted by molar-refractivity contribution is 0.265. The summed E-state index contributed by atoms with van der Waals surface area (Å²) < 4.78 is 5.37. The second kappa shape index (κ2) is 6.95. The minimum atomic E-state index is 0.489. The smallest absolute Gasteiger partial charge is 0.105 e. The summed E-state index contributed by atoms with van der Waals surface area (Å²) in [7, 11) is 0. The molecule has 102 valence electrons. The van der Waals surface area contributed by atoms with Crippen molar-refractivity contribution in [2.24, 2.45) is 17.6 Å². The average Bonchev–Trinajstić information content (AvgIpc) is 2.90. The molecule has 0 aliphatic heterocycles. The standard InChI is InChI=1S/C15H26N2O/c1-12(9-15-3-2-8-18-15)17-11-14-6-4-13(10-16)5-7-14/h2-3,8,12-14,17H,4-7,9-11,16H2,1H3. The molecule has 1 aromatic rings. The Balaban J connectivity index is 1.63. The minimum Gasteiger partial charge on any atom is -0.469 e. The highest BCUT2D eigenvalue weighted by Gasteiger charge is 2.20. The van der Waals surface area contributed by atoms with E-state index in [0.717, 1.165) is 37.1 Å². The Morgan fingerprint density at radius 2 is 2.06 bits per heavy atom. The van der Waals surface area contributed by atoms with Crippen molar-refractivity contribution in [3.05, 3.63) is 24.2 Å². The van der Waals surface area contributed by atoms with Crippen LogP contribution >= 0.6 is 0 Å². The molecule has 1 fully saturated rings. The van der Waals surface area contributed by atoms with Crippen molar-refractivity contribution in [1.82, 2.24) is 5.32 Å². The Morgan fingerprint density at radius 1 is 1.33 bits per heavy atom. The molecule has 1 heterocycles. The topological polar surface area (TPSA) is 51.2 Å². The fourth-order valence-corrected chi connectivity index (χ4v) is 2.84. The van der Waals surface area contributed by atoms with Gasteiger partial charge in [-0.15, -0.1) is 0 Å². The van der Waals surface area contributed by atoms with Crippen LogP contribution in [0.4, 0.5) is 0 Å². The molecule has 18 heavy (non-hydrogen) atoms. The van der Waals surface area contributed by atoms with Crippen LogP contribution in [0.3, 0.4) is 0 Å². The van der Waals surface area contributed by atoms with E-state index in [-0.39, 0.29) is 0 Å². The van der Waals surface area contributed by atoms with E-state index in [1.54, 1.807) is 6.26 Å². The quantitative estimate of drug-likeness (QED) is 0.816. The maximum atomic E-state index is 5.72. The van der Waals surface area contributed by atoms with Gasteiger partial charge in [-0.25, -0.2) is 0 Å². The highest BCUT2D eigenvalue weighted by atomic mass is 16.3. The fraction of sp³-hybridized carbons (Fsp3) is 0.733. The lowest BCUT2D eigenvalue weighted by Gasteiger charge is -2.28. The van der Waals surface area contributed by atoms with Crippen molar-refractivity contribution in [3.8, 4) is 0 Å². The van der Waals surface area contributed by atoms with Crippen molar-refractivity contribution in [3.63, 3.8) is 0 Å². The first kappa shape index (κ1) is 13.6. The van der Waals surface area contributed by atoms with Crippen LogP contribution in [0.2, 0.25) is 0 Å². The van der Waals surface area contributed by atoms with Crippen molar-refractivity contribution in [2.45, 2.75) is 45.1 Å². The minimum absolute atomic E-state index is 0.489. The number of furan rings is 1. The molecule has 0 radical (unpaired) electrons. The third kappa shape index (κ3) is 4.14. The zero-order valence-electron chi connectivity index (χ0n) is 11.4. The molecule has 1 aliphatic rings. The first-order valence-electron chi connectivity index (χ1n) is 7.23. The molecule has 1 aliphatic carbocycles. The molecule has 0 saturated heterocycles. The Hall–Kier alpha value is -0.800. The van der Waals surface area contributed by atoms with Crippen LogP contribution in [-0.2, 0) is 6.42 Å². The van der Waals surface area contributed by atoms with E-state index in [9.17, 15) is 0 Å². The first-order valence-corrected chi connectivity index (χ1v) is 7.23. The summed E-state index contributed by atoms with van der Waals surface area (Å²) in [5.74, 6) is 2.69. The van der Waals surface area contributed by atoms with Gasteiger partial charge in [0.25, 0.3) is 0 Å². The lowest BCUT2D eigenvalue weighted by Crippen LogP contribution is -2.34. The summed E-state index contributed by atoms with van der Waals surface area (Å²) in [6.45, 7) is 4.24. The van der Waals surface area contributed by atoms with Crippen LogP contribution in [-0.4, -0.2) is 19.1 Å². The van der Waals surface area contributed by atoms with Gasteiger partial charge in [-0.3, -0.25) is 0 Å². The Kier molecular flexibility index (Phi) is 5.26. The van der Waals surface area contributed by atoms with Gasteiger partial charge in [-0.05, 0) is 69.7 Å². The maximum Gasteiger partial charge on any atom is 0.105 e. The van der Waals surface area contributed by atoms with E-state index in [1.165, 1.54) is 25.7 Å². The van der Waals surface area contributed by atoms with E-state index in [1.807, 2.05) is 12.1 Å². The van der Waals surface area contributed by atoms with Crippen molar-refractivity contribution >= 4 is 0 Å². The third-order valence-electron chi connectivity index (χ3n) is 4.14. The highest BCUT2D eigenvalue weighted by Crippen LogP contribution is 2.27. The summed E-state index contributed by atoms with van der Waals surface area (Å²) in [6, 6.07) is 4.49. The SMILES string of the molecule is CC(Cc1ccco1)NCC1CCC(CN)CC1. The molecular weight excluding hydrogens is 224 g/mol. The average molecular weight is 250 g/mol. The predicted molar refractivity (Wildman–Crippen MR) is 74.4 cm³/mol. The number of nitrogens with one attached hydrogen (secondary N) is 1. The number of hydrogen-bond acceptors (Lipinski definition) is 3. The number of rotatable bonds is 6. The summed E-state index contributed by atoms with van der Waals surface area (Å²) >= 11 is 0. The normalized spacial score (nSPS) is 26.1. The van der Waals surface area contributed by atoms with Crippen LogP contribution in [0.15, 0.2) is 22.8 Å². The molecule has 1 aromatic heterocycles. The lowest BCUT2D eigenvalue weighted by atomic mass is 9.82. The Bertz CT molecular complexity index is 315. The van der Waals surface area contributed by atoms with Crippen LogP contribution < -0.4 is 11.1 Å². The van der Waals surface area contributed by atoms with Gasteiger partial charge in [-0.2, -0.15) is 0 Å². The van der Waals surface area contributed by atoms with Crippen LogP contribution in [0.1, 0.15) is 38.4 Å². The first-order chi connectivity index (χ1) is 8.78. The van der Waals surface area contributed by atoms with Crippen LogP contribution in [0.25, 0.3) is 0 Å². The molecule has 0 spiro atoms. The van der Waals surface area contributed by atoms with E-state index in [0.29, 0.717) is 6.04 Å². The van der Waals surface area contributed by atoms with Gasteiger partial charge in [0.05, 0.1) is 6.26 Å². The summed E-state index contributed by atoms with van der Waals surface area (Å²) in [5.41, 5.74) is 5.72. The molecule has 0 bridgehead atoms. The van der Waals surface area contributed by atoms with E-state index < -0.39 is 0 Å². The third-order valence-corrected chi connectivity index (χ3v) is 4.14. The fourth-order valence-electron chi connectivity index (χ4n) is 2.84. The predicted octanol–water partition coefficient (Wildman–Crippen LogP) is 2.57. The molecule has 0 amide bonds. The Labute approximate surface area is 110 Å². The molecule has 1 unspecified atom stereocenters. The van der Waals surface area contributed by atoms with Gasteiger partial charge in [0, 0.05) is 12.5 Å². The Morgan fingerprint density at radius 3 is 2.67 bits per heavy atom. The van der Waals surface area contributed by atoms with Crippen LogP contribution in [0.5, 0.6) is 0 Å². The van der Waals surface area contributed by atoms with Crippen molar-refractivity contribution in [2.75, 3.05) is 13.1 Å². The van der Waals surface area contributed by atoms with E-state index >= 15 is 0 Å². The second-order valence-electron chi connectivity index (χ2n) is 5.72. The van der Waals surface area contributed by atoms with Crippen molar-refractivity contribution < 1.29 is 4.42 Å².